The second-order valence-electron chi connectivity index (χ2n) is 4.35. The second kappa shape index (κ2) is 8.66. The van der Waals surface area contributed by atoms with E-state index in [1.807, 2.05) is 11.8 Å². The van der Waals surface area contributed by atoms with E-state index in [0.29, 0.717) is 6.04 Å². The molecule has 0 bridgehead atoms. The minimum Gasteiger partial charge on any atom is -0.315 e. The Morgan fingerprint density at radius 1 is 1.12 bits per heavy atom. The van der Waals surface area contributed by atoms with Crippen LogP contribution in [0.1, 0.15) is 32.3 Å². The summed E-state index contributed by atoms with van der Waals surface area (Å²) < 4.78 is 0. The first kappa shape index (κ1) is 13.6. The van der Waals surface area contributed by atoms with E-state index in [0.717, 1.165) is 12.3 Å². The molecule has 0 aliphatic rings. The molecule has 0 saturated carbocycles. The predicted octanol–water partition coefficient (Wildman–Crippen LogP) is 3.70. The lowest BCUT2D eigenvalue weighted by molar-refractivity contribution is 0.567. The molecule has 0 amide bonds. The van der Waals surface area contributed by atoms with Crippen molar-refractivity contribution in [3.63, 3.8) is 0 Å². The van der Waals surface area contributed by atoms with Gasteiger partial charge in [-0.3, -0.25) is 0 Å². The fraction of sp³-hybridized carbons (Fsp3) is 0.571. The zero-order valence-corrected chi connectivity index (χ0v) is 11.2. The summed E-state index contributed by atoms with van der Waals surface area (Å²) in [4.78, 5) is 0. The Kier molecular flexibility index (Phi) is 7.35. The molecule has 0 fully saturated rings. The predicted molar refractivity (Wildman–Crippen MR) is 75.0 cm³/mol. The van der Waals surface area contributed by atoms with Crippen molar-refractivity contribution in [3.8, 4) is 0 Å². The van der Waals surface area contributed by atoms with E-state index in [9.17, 15) is 0 Å². The van der Waals surface area contributed by atoms with Crippen molar-refractivity contribution in [1.82, 2.24) is 5.32 Å². The monoisotopic (exact) mass is 237 g/mol. The Hall–Kier alpha value is -0.470. The summed E-state index contributed by atoms with van der Waals surface area (Å²) in [5, 5.41) is 3.44. The number of unbranched alkanes of at least 4 members (excludes halogenated alkanes) is 1. The minimum atomic E-state index is 0.622. The van der Waals surface area contributed by atoms with Crippen LogP contribution in [-0.4, -0.2) is 18.3 Å². The molecule has 0 aliphatic heterocycles. The first-order chi connectivity index (χ1) is 7.79. The van der Waals surface area contributed by atoms with Crippen LogP contribution >= 0.6 is 11.8 Å². The van der Waals surface area contributed by atoms with Crippen LogP contribution in [0.5, 0.6) is 0 Å². The van der Waals surface area contributed by atoms with Gasteiger partial charge in [-0.2, -0.15) is 11.8 Å². The van der Waals surface area contributed by atoms with E-state index in [-0.39, 0.29) is 0 Å². The molecule has 0 radical (unpaired) electrons. The standard InChI is InChI=1S/C14H23NS/c1-13(2)15-10-6-7-11-16-12-14-8-4-3-5-9-14/h3-5,8-9,13,15H,6-7,10-12H2,1-2H3. The molecular weight excluding hydrogens is 214 g/mol. The molecular formula is C14H23NS. The van der Waals surface area contributed by atoms with Gasteiger partial charge in [0.25, 0.3) is 0 Å². The van der Waals surface area contributed by atoms with Gasteiger partial charge in [0.05, 0.1) is 0 Å². The van der Waals surface area contributed by atoms with Gasteiger partial charge in [-0.1, -0.05) is 44.2 Å². The van der Waals surface area contributed by atoms with Crippen molar-refractivity contribution in [3.05, 3.63) is 35.9 Å². The van der Waals surface area contributed by atoms with Gasteiger partial charge in [0.1, 0.15) is 0 Å². The van der Waals surface area contributed by atoms with Crippen molar-refractivity contribution in [1.29, 1.82) is 0 Å². The maximum atomic E-state index is 3.44. The third-order valence-electron chi connectivity index (χ3n) is 2.38. The molecule has 1 aromatic rings. The summed E-state index contributed by atoms with van der Waals surface area (Å²) in [6, 6.07) is 11.3. The number of hydrogen-bond donors (Lipinski definition) is 1. The summed E-state index contributed by atoms with van der Waals surface area (Å²) in [5.41, 5.74) is 1.44. The summed E-state index contributed by atoms with van der Waals surface area (Å²) in [5.74, 6) is 2.42. The zero-order valence-electron chi connectivity index (χ0n) is 10.4. The molecule has 1 nitrogen and oxygen atoms in total. The molecule has 2 heteroatoms. The Morgan fingerprint density at radius 3 is 2.56 bits per heavy atom. The van der Waals surface area contributed by atoms with E-state index in [2.05, 4.69) is 49.5 Å². The molecule has 1 N–H and O–H groups in total. The lowest BCUT2D eigenvalue weighted by Crippen LogP contribution is -2.23. The Morgan fingerprint density at radius 2 is 1.88 bits per heavy atom. The molecule has 0 atom stereocenters. The SMILES string of the molecule is CC(C)NCCCCSCc1ccccc1. The van der Waals surface area contributed by atoms with Crippen molar-refractivity contribution in [2.75, 3.05) is 12.3 Å². The van der Waals surface area contributed by atoms with Gasteiger partial charge in [0.15, 0.2) is 0 Å². The van der Waals surface area contributed by atoms with E-state index in [4.69, 9.17) is 0 Å². The van der Waals surface area contributed by atoms with E-state index in [1.54, 1.807) is 0 Å². The fourth-order valence-electron chi connectivity index (χ4n) is 1.48. The van der Waals surface area contributed by atoms with Crippen LogP contribution in [-0.2, 0) is 5.75 Å². The normalized spacial score (nSPS) is 10.9. The molecule has 0 heterocycles. The largest absolute Gasteiger partial charge is 0.315 e. The van der Waals surface area contributed by atoms with Gasteiger partial charge < -0.3 is 5.32 Å². The molecule has 0 saturated heterocycles. The Labute approximate surface area is 104 Å². The fourth-order valence-corrected chi connectivity index (χ4v) is 2.46. The maximum absolute atomic E-state index is 3.44. The van der Waals surface area contributed by atoms with Crippen LogP contribution in [0.3, 0.4) is 0 Å². The van der Waals surface area contributed by atoms with Gasteiger partial charge in [0, 0.05) is 11.8 Å². The third kappa shape index (κ3) is 6.91. The number of nitrogens with one attached hydrogen (secondary N) is 1. The minimum absolute atomic E-state index is 0.622. The van der Waals surface area contributed by atoms with Crippen LogP contribution in [0.25, 0.3) is 0 Å². The van der Waals surface area contributed by atoms with Crippen molar-refractivity contribution < 1.29 is 0 Å². The smallest absolute Gasteiger partial charge is 0.0184 e. The van der Waals surface area contributed by atoms with E-state index < -0.39 is 0 Å². The topological polar surface area (TPSA) is 12.0 Å². The molecule has 0 aromatic heterocycles. The molecule has 0 unspecified atom stereocenters. The lowest BCUT2D eigenvalue weighted by Gasteiger charge is -2.07. The molecule has 0 aliphatic carbocycles. The van der Waals surface area contributed by atoms with Gasteiger partial charge >= 0.3 is 0 Å². The van der Waals surface area contributed by atoms with E-state index >= 15 is 0 Å². The first-order valence-corrected chi connectivity index (χ1v) is 7.29. The highest BCUT2D eigenvalue weighted by molar-refractivity contribution is 7.98. The summed E-state index contributed by atoms with van der Waals surface area (Å²) in [6.45, 7) is 5.55. The van der Waals surface area contributed by atoms with Crippen LogP contribution < -0.4 is 5.32 Å². The summed E-state index contributed by atoms with van der Waals surface area (Å²) >= 11 is 2.04. The highest BCUT2D eigenvalue weighted by Crippen LogP contribution is 2.13. The second-order valence-corrected chi connectivity index (χ2v) is 5.46. The first-order valence-electron chi connectivity index (χ1n) is 6.14. The molecule has 1 aromatic carbocycles. The van der Waals surface area contributed by atoms with Crippen molar-refractivity contribution in [2.24, 2.45) is 0 Å². The van der Waals surface area contributed by atoms with Crippen LogP contribution in [0.4, 0.5) is 0 Å². The average molecular weight is 237 g/mol. The zero-order chi connectivity index (χ0) is 11.6. The number of thioether (sulfide) groups is 1. The average Bonchev–Trinajstić information content (AvgIpc) is 2.29. The maximum Gasteiger partial charge on any atom is 0.0184 e. The van der Waals surface area contributed by atoms with Crippen molar-refractivity contribution in [2.45, 2.75) is 38.5 Å². The van der Waals surface area contributed by atoms with E-state index in [1.165, 1.54) is 24.2 Å². The van der Waals surface area contributed by atoms with Gasteiger partial charge in [-0.05, 0) is 30.7 Å². The number of benzene rings is 1. The molecule has 0 spiro atoms. The highest BCUT2D eigenvalue weighted by Gasteiger charge is 1.94. The Balaban J connectivity index is 1.93. The summed E-state index contributed by atoms with van der Waals surface area (Å²) in [6.07, 6.45) is 2.61. The number of rotatable bonds is 8. The third-order valence-corrected chi connectivity index (χ3v) is 3.49. The van der Waals surface area contributed by atoms with Crippen LogP contribution in [0, 0.1) is 0 Å². The highest BCUT2D eigenvalue weighted by atomic mass is 32.2. The molecule has 1 rings (SSSR count). The van der Waals surface area contributed by atoms with Crippen LogP contribution in [0.15, 0.2) is 30.3 Å². The molecule has 90 valence electrons. The van der Waals surface area contributed by atoms with Gasteiger partial charge in [-0.25, -0.2) is 0 Å². The van der Waals surface area contributed by atoms with Crippen LogP contribution in [0.2, 0.25) is 0 Å². The van der Waals surface area contributed by atoms with Crippen molar-refractivity contribution >= 4 is 11.8 Å². The van der Waals surface area contributed by atoms with Gasteiger partial charge in [0.2, 0.25) is 0 Å². The lowest BCUT2D eigenvalue weighted by atomic mass is 10.2. The summed E-state index contributed by atoms with van der Waals surface area (Å²) in [7, 11) is 0. The quantitative estimate of drug-likeness (QED) is 0.692. The molecule has 16 heavy (non-hydrogen) atoms. The van der Waals surface area contributed by atoms with Gasteiger partial charge in [-0.15, -0.1) is 0 Å². The Bertz CT molecular complexity index is 259. The number of hydrogen-bond acceptors (Lipinski definition) is 2.